The summed E-state index contributed by atoms with van der Waals surface area (Å²) in [6, 6.07) is 6.15. The van der Waals surface area contributed by atoms with Crippen LogP contribution in [-0.2, 0) is 6.42 Å². The van der Waals surface area contributed by atoms with E-state index >= 15 is 0 Å². The Morgan fingerprint density at radius 3 is 3.08 bits per heavy atom. The van der Waals surface area contributed by atoms with Crippen LogP contribution in [0.3, 0.4) is 0 Å². The molecular weight excluding hydrogens is 152 g/mol. The minimum atomic E-state index is 0.234. The Morgan fingerprint density at radius 2 is 2.33 bits per heavy atom. The van der Waals surface area contributed by atoms with Gasteiger partial charge in [-0.3, -0.25) is 0 Å². The molecule has 0 spiro atoms. The summed E-state index contributed by atoms with van der Waals surface area (Å²) in [5, 5.41) is 0. The van der Waals surface area contributed by atoms with Crippen molar-refractivity contribution in [3.05, 3.63) is 23.8 Å². The lowest BCUT2D eigenvalue weighted by Gasteiger charge is -1.92. The predicted octanol–water partition coefficient (Wildman–Crippen LogP) is 1.97. The summed E-state index contributed by atoms with van der Waals surface area (Å²) in [7, 11) is 0. The van der Waals surface area contributed by atoms with Crippen molar-refractivity contribution < 1.29 is 4.42 Å². The molecule has 1 aromatic carbocycles. The van der Waals surface area contributed by atoms with Gasteiger partial charge in [0.1, 0.15) is 5.52 Å². The quantitative estimate of drug-likeness (QED) is 0.697. The Hall–Kier alpha value is -1.51. The number of nitrogens with zero attached hydrogens (tertiary/aromatic N) is 1. The molecule has 0 radical (unpaired) electrons. The zero-order valence-electron chi connectivity index (χ0n) is 6.87. The molecule has 0 unspecified atom stereocenters. The number of aryl methyl sites for hydroxylation is 1. The number of benzene rings is 1. The molecule has 0 aliphatic carbocycles. The third kappa shape index (κ3) is 1.03. The van der Waals surface area contributed by atoms with Crippen molar-refractivity contribution in [2.24, 2.45) is 0 Å². The van der Waals surface area contributed by atoms with Gasteiger partial charge in [-0.15, -0.1) is 0 Å². The maximum absolute atomic E-state index is 5.40. The van der Waals surface area contributed by atoms with Crippen molar-refractivity contribution >= 4 is 17.1 Å². The molecule has 3 nitrogen and oxygen atoms in total. The second-order valence-corrected chi connectivity index (χ2v) is 2.71. The van der Waals surface area contributed by atoms with Gasteiger partial charge in [0.05, 0.1) is 0 Å². The van der Waals surface area contributed by atoms with Crippen molar-refractivity contribution in [2.75, 3.05) is 5.73 Å². The highest BCUT2D eigenvalue weighted by Crippen LogP contribution is 2.18. The summed E-state index contributed by atoms with van der Waals surface area (Å²) in [5.41, 5.74) is 8.24. The first-order valence-electron chi connectivity index (χ1n) is 3.94. The lowest BCUT2D eigenvalue weighted by Crippen LogP contribution is -1.81. The molecule has 0 fully saturated rings. The summed E-state index contributed by atoms with van der Waals surface area (Å²) >= 11 is 0. The molecule has 1 aromatic heterocycles. The molecule has 3 heteroatoms. The van der Waals surface area contributed by atoms with E-state index in [2.05, 4.69) is 11.9 Å². The van der Waals surface area contributed by atoms with Crippen LogP contribution in [0.15, 0.2) is 22.6 Å². The number of nitrogen functional groups attached to an aromatic ring is 1. The Bertz CT molecular complexity index is 406. The average Bonchev–Trinajstić information content (AvgIpc) is 2.43. The number of rotatable bonds is 1. The van der Waals surface area contributed by atoms with Crippen molar-refractivity contribution in [1.29, 1.82) is 0 Å². The standard InChI is InChI=1S/C9H10N2O/c1-2-6-3-4-8-7(5-6)11-9(10)12-8/h3-5H,2H2,1H3,(H2,10,11). The van der Waals surface area contributed by atoms with Gasteiger partial charge in [0, 0.05) is 0 Å². The number of oxazole rings is 1. The van der Waals surface area contributed by atoms with Crippen LogP contribution in [0.2, 0.25) is 0 Å². The van der Waals surface area contributed by atoms with Gasteiger partial charge in [-0.05, 0) is 24.1 Å². The lowest BCUT2D eigenvalue weighted by molar-refractivity contribution is 0.626. The van der Waals surface area contributed by atoms with Crippen molar-refractivity contribution in [3.8, 4) is 0 Å². The van der Waals surface area contributed by atoms with Crippen molar-refractivity contribution in [1.82, 2.24) is 4.98 Å². The minimum absolute atomic E-state index is 0.234. The molecule has 2 N–H and O–H groups in total. The Morgan fingerprint density at radius 1 is 1.50 bits per heavy atom. The Balaban J connectivity index is 2.66. The number of hydrogen-bond acceptors (Lipinski definition) is 3. The first kappa shape index (κ1) is 7.16. The second-order valence-electron chi connectivity index (χ2n) is 2.71. The van der Waals surface area contributed by atoms with Gasteiger partial charge in [0.2, 0.25) is 0 Å². The zero-order valence-corrected chi connectivity index (χ0v) is 6.87. The van der Waals surface area contributed by atoms with Crippen LogP contribution in [-0.4, -0.2) is 4.98 Å². The van der Waals surface area contributed by atoms with E-state index in [1.807, 2.05) is 18.2 Å². The van der Waals surface area contributed by atoms with Gasteiger partial charge in [-0.1, -0.05) is 13.0 Å². The van der Waals surface area contributed by atoms with E-state index < -0.39 is 0 Å². The molecule has 62 valence electrons. The fraction of sp³-hybridized carbons (Fsp3) is 0.222. The molecular formula is C9H10N2O. The van der Waals surface area contributed by atoms with E-state index in [9.17, 15) is 0 Å². The maximum atomic E-state index is 5.40. The SMILES string of the molecule is CCc1ccc2oc(N)nc2c1. The highest BCUT2D eigenvalue weighted by Gasteiger charge is 2.01. The number of fused-ring (bicyclic) bond motifs is 1. The van der Waals surface area contributed by atoms with Crippen LogP contribution < -0.4 is 5.73 Å². The lowest BCUT2D eigenvalue weighted by atomic mass is 10.1. The van der Waals surface area contributed by atoms with Crippen molar-refractivity contribution in [3.63, 3.8) is 0 Å². The highest BCUT2D eigenvalue weighted by atomic mass is 16.4. The van der Waals surface area contributed by atoms with E-state index in [0.29, 0.717) is 0 Å². The topological polar surface area (TPSA) is 52.0 Å². The molecule has 1 heterocycles. The van der Waals surface area contributed by atoms with Crippen LogP contribution in [0.5, 0.6) is 0 Å². The van der Waals surface area contributed by atoms with Gasteiger partial charge in [0.15, 0.2) is 5.58 Å². The number of nitrogens with two attached hydrogens (primary N) is 1. The van der Waals surface area contributed by atoms with Crippen LogP contribution in [0.25, 0.3) is 11.1 Å². The predicted molar refractivity (Wildman–Crippen MR) is 47.8 cm³/mol. The first-order valence-corrected chi connectivity index (χ1v) is 3.94. The van der Waals surface area contributed by atoms with Crippen LogP contribution in [0.1, 0.15) is 12.5 Å². The smallest absolute Gasteiger partial charge is 0.292 e. The van der Waals surface area contributed by atoms with Crippen LogP contribution >= 0.6 is 0 Å². The normalized spacial score (nSPS) is 10.8. The van der Waals surface area contributed by atoms with Crippen LogP contribution in [0, 0.1) is 0 Å². The van der Waals surface area contributed by atoms with Gasteiger partial charge in [-0.25, -0.2) is 0 Å². The molecule has 2 aromatic rings. The first-order chi connectivity index (χ1) is 5.79. The van der Waals surface area contributed by atoms with Gasteiger partial charge >= 0.3 is 0 Å². The zero-order chi connectivity index (χ0) is 8.55. The third-order valence-corrected chi connectivity index (χ3v) is 1.88. The van der Waals surface area contributed by atoms with E-state index in [4.69, 9.17) is 10.2 Å². The fourth-order valence-corrected chi connectivity index (χ4v) is 1.21. The second kappa shape index (κ2) is 2.52. The molecule has 12 heavy (non-hydrogen) atoms. The molecule has 0 aliphatic rings. The summed E-state index contributed by atoms with van der Waals surface area (Å²) < 4.78 is 5.13. The van der Waals surface area contributed by atoms with E-state index in [1.165, 1.54) is 5.56 Å². The number of hydrogen-bond donors (Lipinski definition) is 1. The van der Waals surface area contributed by atoms with Gasteiger partial charge < -0.3 is 10.2 Å². The molecule has 0 saturated heterocycles. The monoisotopic (exact) mass is 162 g/mol. The molecule has 0 aliphatic heterocycles. The molecule has 0 amide bonds. The third-order valence-electron chi connectivity index (χ3n) is 1.88. The Labute approximate surface area is 70.2 Å². The van der Waals surface area contributed by atoms with E-state index in [0.717, 1.165) is 17.5 Å². The summed E-state index contributed by atoms with van der Waals surface area (Å²) in [6.45, 7) is 2.10. The van der Waals surface area contributed by atoms with Crippen LogP contribution in [0.4, 0.5) is 6.01 Å². The summed E-state index contributed by atoms with van der Waals surface area (Å²) in [5.74, 6) is 0. The highest BCUT2D eigenvalue weighted by molar-refractivity contribution is 5.74. The number of anilines is 1. The largest absolute Gasteiger partial charge is 0.424 e. The van der Waals surface area contributed by atoms with E-state index in [-0.39, 0.29) is 6.01 Å². The van der Waals surface area contributed by atoms with E-state index in [1.54, 1.807) is 0 Å². The summed E-state index contributed by atoms with van der Waals surface area (Å²) in [4.78, 5) is 4.03. The van der Waals surface area contributed by atoms with Gasteiger partial charge in [-0.2, -0.15) is 4.98 Å². The molecule has 2 rings (SSSR count). The van der Waals surface area contributed by atoms with Crippen molar-refractivity contribution in [2.45, 2.75) is 13.3 Å². The summed E-state index contributed by atoms with van der Waals surface area (Å²) in [6.07, 6.45) is 1.00. The fourth-order valence-electron chi connectivity index (χ4n) is 1.21. The average molecular weight is 162 g/mol. The molecule has 0 bridgehead atoms. The Kier molecular flexibility index (Phi) is 1.50. The molecule has 0 atom stereocenters. The molecule has 0 saturated carbocycles. The number of aromatic nitrogens is 1. The van der Waals surface area contributed by atoms with Gasteiger partial charge in [0.25, 0.3) is 6.01 Å². The minimum Gasteiger partial charge on any atom is -0.424 e. The maximum Gasteiger partial charge on any atom is 0.292 e.